The molecule has 1 saturated heterocycles. The molecular weight excluding hydrogens is 332 g/mol. The van der Waals surface area contributed by atoms with Gasteiger partial charge in [0.2, 0.25) is 11.8 Å². The number of nitrogens with zero attached hydrogens (tertiary/aromatic N) is 2. The van der Waals surface area contributed by atoms with Crippen molar-refractivity contribution < 1.29 is 19.8 Å². The Balaban J connectivity index is 1.77. The van der Waals surface area contributed by atoms with Crippen LogP contribution in [-0.2, 0) is 22.4 Å². The average molecular weight is 354 g/mol. The van der Waals surface area contributed by atoms with Gasteiger partial charge in [-0.05, 0) is 35.4 Å². The molecule has 6 nitrogen and oxygen atoms in total. The molecule has 1 heterocycles. The average Bonchev–Trinajstić information content (AvgIpc) is 2.64. The molecule has 1 fully saturated rings. The number of carbonyl (C=O) groups excluding carboxylic acids is 2. The van der Waals surface area contributed by atoms with E-state index in [4.69, 9.17) is 0 Å². The molecule has 26 heavy (non-hydrogen) atoms. The highest BCUT2D eigenvalue weighted by molar-refractivity contribution is 5.97. The predicted molar refractivity (Wildman–Crippen MR) is 96.7 cm³/mol. The molecule has 0 spiro atoms. The van der Waals surface area contributed by atoms with Crippen LogP contribution in [0.4, 0.5) is 0 Å². The zero-order valence-electron chi connectivity index (χ0n) is 14.8. The molecule has 2 aromatic carbocycles. The van der Waals surface area contributed by atoms with Gasteiger partial charge in [-0.1, -0.05) is 24.3 Å². The van der Waals surface area contributed by atoms with Crippen LogP contribution >= 0.6 is 0 Å². The van der Waals surface area contributed by atoms with Crippen LogP contribution < -0.4 is 0 Å². The van der Waals surface area contributed by atoms with Gasteiger partial charge in [0.15, 0.2) is 0 Å². The summed E-state index contributed by atoms with van der Waals surface area (Å²) in [5.74, 6) is 0.117. The molecule has 136 valence electrons. The van der Waals surface area contributed by atoms with Gasteiger partial charge in [0.1, 0.15) is 23.6 Å². The van der Waals surface area contributed by atoms with Gasteiger partial charge in [0.25, 0.3) is 0 Å². The van der Waals surface area contributed by atoms with Gasteiger partial charge in [-0.2, -0.15) is 0 Å². The fraction of sp³-hybridized carbons (Fsp3) is 0.300. The summed E-state index contributed by atoms with van der Waals surface area (Å²) in [6.45, 7) is 0. The molecule has 2 N–H and O–H groups in total. The molecular formula is C20H22N2O4. The molecule has 6 heteroatoms. The molecule has 2 atom stereocenters. The predicted octanol–water partition coefficient (Wildman–Crippen LogP) is 1.55. The van der Waals surface area contributed by atoms with E-state index in [1.807, 2.05) is 0 Å². The molecule has 0 bridgehead atoms. The Labute approximate surface area is 152 Å². The van der Waals surface area contributed by atoms with Crippen LogP contribution in [0, 0.1) is 0 Å². The standard InChI is InChI=1S/C20H22N2O4/c1-21-17(11-13-3-7-15(23)8-4-13)20(26)22(2)18(19(21)25)12-14-5-9-16(24)10-6-14/h3-10,17-18,23-24H,11-12H2,1-2H3/t17-,18-/m1/s1. The molecule has 0 saturated carbocycles. The van der Waals surface area contributed by atoms with Gasteiger partial charge in [-0.15, -0.1) is 0 Å². The fourth-order valence-electron chi connectivity index (χ4n) is 3.27. The Morgan fingerprint density at radius 1 is 0.692 bits per heavy atom. The highest BCUT2D eigenvalue weighted by atomic mass is 16.3. The van der Waals surface area contributed by atoms with E-state index in [0.717, 1.165) is 11.1 Å². The van der Waals surface area contributed by atoms with E-state index in [-0.39, 0.29) is 23.3 Å². The lowest BCUT2D eigenvalue weighted by Gasteiger charge is -2.42. The largest absolute Gasteiger partial charge is 0.508 e. The first-order valence-corrected chi connectivity index (χ1v) is 8.46. The molecule has 0 aliphatic carbocycles. The Kier molecular flexibility index (Phi) is 4.84. The second-order valence-electron chi connectivity index (χ2n) is 6.67. The zero-order valence-corrected chi connectivity index (χ0v) is 14.8. The first-order valence-electron chi connectivity index (χ1n) is 8.46. The molecule has 0 aromatic heterocycles. The van der Waals surface area contributed by atoms with Crippen LogP contribution in [0.3, 0.4) is 0 Å². The van der Waals surface area contributed by atoms with Crippen molar-refractivity contribution in [3.8, 4) is 11.5 Å². The highest BCUT2D eigenvalue weighted by Crippen LogP contribution is 2.23. The van der Waals surface area contributed by atoms with E-state index in [1.165, 1.54) is 9.80 Å². The number of phenolic OH excluding ortho intramolecular Hbond substituents is 2. The smallest absolute Gasteiger partial charge is 0.246 e. The topological polar surface area (TPSA) is 81.1 Å². The minimum absolute atomic E-state index is 0.107. The van der Waals surface area contributed by atoms with Crippen molar-refractivity contribution in [3.05, 3.63) is 59.7 Å². The van der Waals surface area contributed by atoms with Gasteiger partial charge in [0, 0.05) is 26.9 Å². The van der Waals surface area contributed by atoms with Crippen LogP contribution in [0.25, 0.3) is 0 Å². The number of hydrogen-bond acceptors (Lipinski definition) is 4. The summed E-state index contributed by atoms with van der Waals surface area (Å²) < 4.78 is 0. The number of amides is 2. The normalized spacial score (nSPS) is 20.5. The monoisotopic (exact) mass is 354 g/mol. The molecule has 3 rings (SSSR count). The van der Waals surface area contributed by atoms with Crippen LogP contribution in [0.2, 0.25) is 0 Å². The van der Waals surface area contributed by atoms with Crippen molar-refractivity contribution in [3.63, 3.8) is 0 Å². The second-order valence-corrected chi connectivity index (χ2v) is 6.67. The Morgan fingerprint density at radius 3 is 1.31 bits per heavy atom. The third kappa shape index (κ3) is 3.49. The number of rotatable bonds is 4. The summed E-state index contributed by atoms with van der Waals surface area (Å²) in [5, 5.41) is 18.8. The van der Waals surface area contributed by atoms with E-state index in [9.17, 15) is 19.8 Å². The number of aromatic hydroxyl groups is 2. The minimum atomic E-state index is -0.562. The lowest BCUT2D eigenvalue weighted by Crippen LogP contribution is -2.63. The van der Waals surface area contributed by atoms with Crippen molar-refractivity contribution in [2.24, 2.45) is 0 Å². The summed E-state index contributed by atoms with van der Waals surface area (Å²) in [7, 11) is 3.31. The van der Waals surface area contributed by atoms with Gasteiger partial charge < -0.3 is 20.0 Å². The molecule has 1 aliphatic heterocycles. The summed E-state index contributed by atoms with van der Waals surface area (Å²) in [4.78, 5) is 28.7. The molecule has 0 unspecified atom stereocenters. The number of likely N-dealkylation sites (N-methyl/N-ethyl adjacent to an activating group) is 2. The van der Waals surface area contributed by atoms with Crippen molar-refractivity contribution in [2.45, 2.75) is 24.9 Å². The van der Waals surface area contributed by atoms with E-state index < -0.39 is 12.1 Å². The maximum atomic E-state index is 12.8. The summed E-state index contributed by atoms with van der Waals surface area (Å²) >= 11 is 0. The minimum Gasteiger partial charge on any atom is -0.508 e. The van der Waals surface area contributed by atoms with Crippen LogP contribution in [0.1, 0.15) is 11.1 Å². The Morgan fingerprint density at radius 2 is 1.00 bits per heavy atom. The van der Waals surface area contributed by atoms with E-state index in [0.29, 0.717) is 12.8 Å². The quantitative estimate of drug-likeness (QED) is 0.873. The van der Waals surface area contributed by atoms with Gasteiger partial charge in [-0.25, -0.2) is 0 Å². The van der Waals surface area contributed by atoms with Gasteiger partial charge >= 0.3 is 0 Å². The van der Waals surface area contributed by atoms with Crippen molar-refractivity contribution in [1.29, 1.82) is 0 Å². The van der Waals surface area contributed by atoms with Crippen LogP contribution in [0.5, 0.6) is 11.5 Å². The lowest BCUT2D eigenvalue weighted by molar-refractivity contribution is -0.158. The number of benzene rings is 2. The summed E-state index contributed by atoms with van der Waals surface area (Å²) in [6.07, 6.45) is 0.801. The third-order valence-electron chi connectivity index (χ3n) is 4.93. The Hall–Kier alpha value is -3.02. The van der Waals surface area contributed by atoms with Crippen molar-refractivity contribution in [1.82, 2.24) is 9.80 Å². The first-order chi connectivity index (χ1) is 12.4. The molecule has 0 radical (unpaired) electrons. The summed E-state index contributed by atoms with van der Waals surface area (Å²) in [6, 6.07) is 12.2. The van der Waals surface area contributed by atoms with Crippen molar-refractivity contribution in [2.75, 3.05) is 14.1 Å². The molecule has 1 aliphatic rings. The number of hydrogen-bond donors (Lipinski definition) is 2. The van der Waals surface area contributed by atoms with E-state index >= 15 is 0 Å². The SMILES string of the molecule is CN1C(=O)[C@@H](Cc2ccc(O)cc2)N(C)C(=O)[C@H]1Cc1ccc(O)cc1. The van der Waals surface area contributed by atoms with Crippen LogP contribution in [-0.4, -0.2) is 58.0 Å². The second kappa shape index (κ2) is 7.07. The number of carbonyl (C=O) groups is 2. The lowest BCUT2D eigenvalue weighted by atomic mass is 9.95. The van der Waals surface area contributed by atoms with E-state index in [2.05, 4.69) is 0 Å². The first kappa shape index (κ1) is 17.8. The fourth-order valence-corrected chi connectivity index (χ4v) is 3.27. The highest BCUT2D eigenvalue weighted by Gasteiger charge is 2.42. The third-order valence-corrected chi connectivity index (χ3v) is 4.93. The van der Waals surface area contributed by atoms with Crippen LogP contribution in [0.15, 0.2) is 48.5 Å². The van der Waals surface area contributed by atoms with Gasteiger partial charge in [0.05, 0.1) is 0 Å². The maximum absolute atomic E-state index is 12.8. The number of piperazine rings is 1. The van der Waals surface area contributed by atoms with Crippen molar-refractivity contribution >= 4 is 11.8 Å². The summed E-state index contributed by atoms with van der Waals surface area (Å²) in [5.41, 5.74) is 1.76. The van der Waals surface area contributed by atoms with Gasteiger partial charge in [-0.3, -0.25) is 9.59 Å². The number of phenols is 2. The maximum Gasteiger partial charge on any atom is 0.246 e. The zero-order chi connectivity index (χ0) is 18.8. The molecule has 2 amide bonds. The molecule has 2 aromatic rings. The van der Waals surface area contributed by atoms with E-state index in [1.54, 1.807) is 62.6 Å². The Bertz CT molecular complexity index is 732.